The van der Waals surface area contributed by atoms with Crippen molar-refractivity contribution in [3.05, 3.63) is 138 Å². The van der Waals surface area contributed by atoms with Gasteiger partial charge in [-0.2, -0.15) is 0 Å². The highest BCUT2D eigenvalue weighted by Crippen LogP contribution is 2.39. The van der Waals surface area contributed by atoms with Crippen molar-refractivity contribution < 1.29 is 19.3 Å². The molecule has 7 aromatic rings. The van der Waals surface area contributed by atoms with Crippen molar-refractivity contribution in [2.24, 2.45) is 0 Å². The second kappa shape index (κ2) is 14.3. The molecular formula is C43H39N7O5. The monoisotopic (exact) mass is 733 g/mol. The van der Waals surface area contributed by atoms with Crippen LogP contribution >= 0.6 is 0 Å². The van der Waals surface area contributed by atoms with E-state index in [1.165, 1.54) is 49.3 Å². The first-order valence-electron chi connectivity index (χ1n) is 17.5. The third-order valence-corrected chi connectivity index (χ3v) is 10.3. The Morgan fingerprint density at radius 1 is 0.418 bits per heavy atom. The van der Waals surface area contributed by atoms with E-state index in [9.17, 15) is 24.5 Å². The van der Waals surface area contributed by atoms with E-state index in [2.05, 4.69) is 48.5 Å². The molecule has 12 heteroatoms. The molecule has 0 unspecified atom stereocenters. The summed E-state index contributed by atoms with van der Waals surface area (Å²) >= 11 is 0. The Bertz CT molecular complexity index is 2560. The molecule has 6 amide bonds. The number of nitro groups is 1. The summed E-state index contributed by atoms with van der Waals surface area (Å²) in [6.45, 7) is 0. The Balaban J connectivity index is 1.01. The van der Waals surface area contributed by atoms with Crippen molar-refractivity contribution in [3.8, 4) is 0 Å². The van der Waals surface area contributed by atoms with Gasteiger partial charge in [-0.3, -0.25) is 39.5 Å². The first-order chi connectivity index (χ1) is 26.3. The molecule has 0 aromatic heterocycles. The molecule has 12 nitrogen and oxygen atoms in total. The summed E-state index contributed by atoms with van der Waals surface area (Å²) < 4.78 is 0. The molecule has 7 aromatic carbocycles. The number of nitrogens with zero attached hydrogens (tertiary/aromatic N) is 7. The molecule has 0 spiro atoms. The van der Waals surface area contributed by atoms with Gasteiger partial charge in [-0.15, -0.1) is 0 Å². The summed E-state index contributed by atoms with van der Waals surface area (Å²) in [4.78, 5) is 60.2. The van der Waals surface area contributed by atoms with E-state index in [0.29, 0.717) is 28.4 Å². The molecular weight excluding hydrogens is 695 g/mol. The number of urea groups is 3. The number of nitro benzene ring substituents is 1. The fourth-order valence-corrected chi connectivity index (χ4v) is 6.94. The minimum Gasteiger partial charge on any atom is -0.297 e. The van der Waals surface area contributed by atoms with Gasteiger partial charge in [-0.05, 0) is 93.7 Å². The lowest BCUT2D eigenvalue weighted by Gasteiger charge is -2.28. The van der Waals surface area contributed by atoms with E-state index < -0.39 is 4.92 Å². The minimum atomic E-state index is -0.492. The third kappa shape index (κ3) is 6.54. The average Bonchev–Trinajstić information content (AvgIpc) is 3.23. The number of carbonyl (C=O) groups is 3. The first kappa shape index (κ1) is 36.2. The predicted molar refractivity (Wildman–Crippen MR) is 223 cm³/mol. The van der Waals surface area contributed by atoms with Crippen LogP contribution in [0.4, 0.5) is 54.2 Å². The lowest BCUT2D eigenvalue weighted by atomic mass is 9.93. The van der Waals surface area contributed by atoms with Gasteiger partial charge in [0.05, 0.1) is 10.6 Å². The number of non-ortho nitro benzene ring substituents is 1. The zero-order valence-corrected chi connectivity index (χ0v) is 31.3. The SMILES string of the molecule is CN(C(=O)N(C)c1ccc(N(C)C(=O)N(C)c2ccc3ccc4cccc5ccc2c3c45)cc1)c1ccc(N(C)C(=O)N(C)c2ccc([N+](=O)[O-])cc2)cc1. The van der Waals surface area contributed by atoms with Gasteiger partial charge < -0.3 is 0 Å². The van der Waals surface area contributed by atoms with Crippen LogP contribution in [0.15, 0.2) is 127 Å². The maximum Gasteiger partial charge on any atom is 0.328 e. The van der Waals surface area contributed by atoms with Gasteiger partial charge >= 0.3 is 18.1 Å². The third-order valence-electron chi connectivity index (χ3n) is 10.3. The van der Waals surface area contributed by atoms with E-state index in [1.54, 1.807) is 88.5 Å². The van der Waals surface area contributed by atoms with Gasteiger partial charge in [0.1, 0.15) is 0 Å². The van der Waals surface area contributed by atoms with Gasteiger partial charge in [0.2, 0.25) is 0 Å². The fraction of sp³-hybridized carbons (Fsp3) is 0.140. The van der Waals surface area contributed by atoms with Crippen LogP contribution in [0.3, 0.4) is 0 Å². The van der Waals surface area contributed by atoms with Crippen LogP contribution in [0.1, 0.15) is 0 Å². The smallest absolute Gasteiger partial charge is 0.297 e. The van der Waals surface area contributed by atoms with Crippen molar-refractivity contribution in [1.82, 2.24) is 0 Å². The van der Waals surface area contributed by atoms with Gasteiger partial charge in [-0.25, -0.2) is 14.4 Å². The highest BCUT2D eigenvalue weighted by Gasteiger charge is 2.23. The maximum atomic E-state index is 13.8. The predicted octanol–water partition coefficient (Wildman–Crippen LogP) is 9.57. The summed E-state index contributed by atoms with van der Waals surface area (Å²) in [5, 5.41) is 17.8. The molecule has 0 fully saturated rings. The zero-order chi connectivity index (χ0) is 39.1. The second-order valence-corrected chi connectivity index (χ2v) is 13.4. The molecule has 0 heterocycles. The lowest BCUT2D eigenvalue weighted by Crippen LogP contribution is -2.40. The van der Waals surface area contributed by atoms with Crippen molar-refractivity contribution in [2.45, 2.75) is 0 Å². The van der Waals surface area contributed by atoms with Crippen LogP contribution in [-0.2, 0) is 0 Å². The molecule has 0 aliphatic carbocycles. The van der Waals surface area contributed by atoms with Crippen LogP contribution in [-0.4, -0.2) is 65.3 Å². The quantitative estimate of drug-likeness (QED) is 0.0920. The molecule has 0 N–H and O–H groups in total. The van der Waals surface area contributed by atoms with Crippen molar-refractivity contribution in [2.75, 3.05) is 71.7 Å². The van der Waals surface area contributed by atoms with Crippen molar-refractivity contribution in [1.29, 1.82) is 0 Å². The van der Waals surface area contributed by atoms with E-state index in [1.807, 2.05) is 18.2 Å². The van der Waals surface area contributed by atoms with E-state index in [0.717, 1.165) is 32.6 Å². The average molecular weight is 734 g/mol. The number of anilines is 6. The van der Waals surface area contributed by atoms with Gasteiger partial charge in [0.15, 0.2) is 0 Å². The molecule has 0 aliphatic heterocycles. The van der Waals surface area contributed by atoms with Crippen LogP contribution in [0.2, 0.25) is 0 Å². The first-order valence-corrected chi connectivity index (χ1v) is 17.5. The summed E-state index contributed by atoms with van der Waals surface area (Å²) in [6, 6.07) is 37.9. The van der Waals surface area contributed by atoms with Gasteiger partial charge in [0, 0.05) is 88.2 Å². The molecule has 0 radical (unpaired) electrons. The molecule has 0 aliphatic rings. The summed E-state index contributed by atoms with van der Waals surface area (Å²) in [7, 11) is 10.1. The highest BCUT2D eigenvalue weighted by atomic mass is 16.6. The number of benzene rings is 7. The van der Waals surface area contributed by atoms with Crippen LogP contribution in [0.25, 0.3) is 32.3 Å². The number of amides is 6. The van der Waals surface area contributed by atoms with Crippen LogP contribution in [0.5, 0.6) is 0 Å². The number of rotatable bonds is 7. The van der Waals surface area contributed by atoms with Gasteiger partial charge in [-0.1, -0.05) is 48.5 Å². The fourth-order valence-electron chi connectivity index (χ4n) is 6.94. The zero-order valence-electron chi connectivity index (χ0n) is 31.3. The molecule has 0 bridgehead atoms. The van der Waals surface area contributed by atoms with E-state index >= 15 is 0 Å². The van der Waals surface area contributed by atoms with E-state index in [4.69, 9.17) is 0 Å². The normalized spacial score (nSPS) is 11.1. The molecule has 0 atom stereocenters. The van der Waals surface area contributed by atoms with Crippen LogP contribution < -0.4 is 29.4 Å². The Labute approximate surface area is 318 Å². The van der Waals surface area contributed by atoms with Crippen LogP contribution in [0, 0.1) is 10.1 Å². The summed E-state index contributed by atoms with van der Waals surface area (Å²) in [6.07, 6.45) is 0. The summed E-state index contributed by atoms with van der Waals surface area (Å²) in [5.41, 5.74) is 3.77. The molecule has 276 valence electrons. The number of hydrogen-bond donors (Lipinski definition) is 0. The Kier molecular flexibility index (Phi) is 9.41. The lowest BCUT2D eigenvalue weighted by molar-refractivity contribution is -0.384. The Morgan fingerprint density at radius 2 is 0.745 bits per heavy atom. The molecule has 55 heavy (non-hydrogen) atoms. The maximum absolute atomic E-state index is 13.8. The molecule has 0 saturated carbocycles. The standard InChI is InChI=1S/C43H39N7O5/c1-44(31-14-16-32(17-15-31)46(3)42(52)47(4)35-22-24-36(25-23-35)50(54)55)41(51)45(2)33-18-20-34(21-19-33)48(5)43(53)49(6)38-27-13-30-11-10-28-8-7-9-29-12-26-37(38)40(30)39(28)29/h7-27H,1-6H3. The Hall–Kier alpha value is -7.21. The molecule has 7 rings (SSSR count). The van der Waals surface area contributed by atoms with Crippen molar-refractivity contribution >= 4 is 90.2 Å². The number of carbonyl (C=O) groups excluding carboxylic acids is 3. The summed E-state index contributed by atoms with van der Waals surface area (Å²) in [5.74, 6) is 0. The van der Waals surface area contributed by atoms with Crippen molar-refractivity contribution in [3.63, 3.8) is 0 Å². The number of hydrogen-bond acceptors (Lipinski definition) is 5. The molecule has 0 saturated heterocycles. The highest BCUT2D eigenvalue weighted by molar-refractivity contribution is 6.26. The second-order valence-electron chi connectivity index (χ2n) is 13.4. The van der Waals surface area contributed by atoms with E-state index in [-0.39, 0.29) is 23.8 Å². The topological polar surface area (TPSA) is 114 Å². The minimum absolute atomic E-state index is 0.0604. The Morgan fingerprint density at radius 3 is 1.15 bits per heavy atom. The largest absolute Gasteiger partial charge is 0.328 e. The van der Waals surface area contributed by atoms with Gasteiger partial charge in [0.25, 0.3) is 5.69 Å².